The first-order valence-electron chi connectivity index (χ1n) is 9.83. The molecule has 0 unspecified atom stereocenters. The summed E-state index contributed by atoms with van der Waals surface area (Å²) in [4.78, 5) is 13.2. The molecule has 0 atom stereocenters. The van der Waals surface area contributed by atoms with Crippen molar-refractivity contribution in [3.8, 4) is 5.69 Å². The van der Waals surface area contributed by atoms with Crippen LogP contribution in [0.2, 0.25) is 0 Å². The summed E-state index contributed by atoms with van der Waals surface area (Å²) in [6.07, 6.45) is 3.54. The number of allylic oxidation sites excluding steroid dienone is 1. The van der Waals surface area contributed by atoms with E-state index in [1.54, 1.807) is 17.7 Å². The first kappa shape index (κ1) is 18.0. The number of rotatable bonds is 4. The average Bonchev–Trinajstić information content (AvgIpc) is 3.18. The van der Waals surface area contributed by atoms with Crippen LogP contribution < -0.4 is 0 Å². The molecule has 0 N–H and O–H groups in total. The van der Waals surface area contributed by atoms with Crippen LogP contribution >= 0.6 is 0 Å². The van der Waals surface area contributed by atoms with Crippen LogP contribution in [0.3, 0.4) is 0 Å². The van der Waals surface area contributed by atoms with Crippen molar-refractivity contribution in [1.82, 2.24) is 15.0 Å². The number of carbonyl (C=O) groups is 1. The summed E-state index contributed by atoms with van der Waals surface area (Å²) >= 11 is 0. The second kappa shape index (κ2) is 7.41. The lowest BCUT2D eigenvalue weighted by Crippen LogP contribution is -2.08. The normalized spacial score (nSPS) is 11.5. The standard InChI is InChI=1S/C26H19N3O/c1-18-26(29(28-27-18)21-11-3-2-4-12-21)25(30)16-15-24-22-13-7-5-9-19(22)17-20-10-6-8-14-23(20)24/h2-17H,1H3. The molecule has 144 valence electrons. The molecule has 0 aliphatic rings. The van der Waals surface area contributed by atoms with E-state index >= 15 is 0 Å². The number of para-hydroxylation sites is 1. The van der Waals surface area contributed by atoms with Gasteiger partial charge in [0.25, 0.3) is 0 Å². The van der Waals surface area contributed by atoms with Crippen LogP contribution in [0, 0.1) is 6.92 Å². The number of aryl methyl sites for hydroxylation is 1. The predicted octanol–water partition coefficient (Wildman–Crippen LogP) is 5.78. The van der Waals surface area contributed by atoms with Crippen LogP contribution in [-0.4, -0.2) is 20.8 Å². The number of hydrogen-bond acceptors (Lipinski definition) is 3. The predicted molar refractivity (Wildman–Crippen MR) is 121 cm³/mol. The number of hydrogen-bond donors (Lipinski definition) is 0. The molecule has 0 spiro atoms. The minimum Gasteiger partial charge on any atom is -0.287 e. The lowest BCUT2D eigenvalue weighted by atomic mass is 9.96. The molecule has 0 amide bonds. The molecule has 0 aliphatic carbocycles. The molecule has 0 fully saturated rings. The Hall–Kier alpha value is -4.05. The summed E-state index contributed by atoms with van der Waals surface area (Å²) in [6, 6.07) is 28.2. The number of fused-ring (bicyclic) bond motifs is 2. The van der Waals surface area contributed by atoms with Crippen molar-refractivity contribution in [2.45, 2.75) is 6.92 Å². The van der Waals surface area contributed by atoms with Crippen molar-refractivity contribution >= 4 is 33.4 Å². The van der Waals surface area contributed by atoms with Crippen LogP contribution in [0.25, 0.3) is 33.3 Å². The monoisotopic (exact) mass is 389 g/mol. The van der Waals surface area contributed by atoms with Crippen LogP contribution in [0.4, 0.5) is 0 Å². The van der Waals surface area contributed by atoms with Gasteiger partial charge in [0.15, 0.2) is 0 Å². The SMILES string of the molecule is Cc1nnn(-c2ccccc2)c1C(=O)C=Cc1c2ccccc2cc2ccccc12. The first-order valence-corrected chi connectivity index (χ1v) is 9.83. The summed E-state index contributed by atoms with van der Waals surface area (Å²) in [5, 5.41) is 12.8. The van der Waals surface area contributed by atoms with Gasteiger partial charge in [-0.1, -0.05) is 71.9 Å². The molecule has 1 heterocycles. The second-order valence-electron chi connectivity index (χ2n) is 7.20. The van der Waals surface area contributed by atoms with Crippen molar-refractivity contribution in [1.29, 1.82) is 0 Å². The fraction of sp³-hybridized carbons (Fsp3) is 0.0385. The maximum atomic E-state index is 13.2. The van der Waals surface area contributed by atoms with Crippen molar-refractivity contribution < 1.29 is 4.79 Å². The van der Waals surface area contributed by atoms with E-state index in [2.05, 4.69) is 40.6 Å². The fourth-order valence-electron chi connectivity index (χ4n) is 3.86. The molecule has 0 saturated carbocycles. The maximum Gasteiger partial charge on any atom is 0.206 e. The summed E-state index contributed by atoms with van der Waals surface area (Å²) in [7, 11) is 0. The van der Waals surface area contributed by atoms with Crippen molar-refractivity contribution in [2.24, 2.45) is 0 Å². The van der Waals surface area contributed by atoms with Gasteiger partial charge in [-0.2, -0.15) is 0 Å². The van der Waals surface area contributed by atoms with Gasteiger partial charge in [0.2, 0.25) is 5.78 Å². The Bertz CT molecular complexity index is 1360. The molecule has 0 bridgehead atoms. The Labute approximate surface area is 174 Å². The zero-order chi connectivity index (χ0) is 20.5. The second-order valence-corrected chi connectivity index (χ2v) is 7.20. The van der Waals surface area contributed by atoms with Crippen LogP contribution in [0.15, 0.2) is 91.0 Å². The third-order valence-electron chi connectivity index (χ3n) is 5.29. The minimum atomic E-state index is -0.127. The number of carbonyl (C=O) groups excluding carboxylic acids is 1. The highest BCUT2D eigenvalue weighted by molar-refractivity contribution is 6.11. The van der Waals surface area contributed by atoms with E-state index in [0.29, 0.717) is 11.4 Å². The summed E-state index contributed by atoms with van der Waals surface area (Å²) < 4.78 is 1.60. The zero-order valence-corrected chi connectivity index (χ0v) is 16.5. The Morgan fingerprint density at radius 3 is 2.10 bits per heavy atom. The smallest absolute Gasteiger partial charge is 0.206 e. The van der Waals surface area contributed by atoms with Gasteiger partial charge in [-0.05, 0) is 64.4 Å². The lowest BCUT2D eigenvalue weighted by molar-refractivity contribution is 0.104. The quantitative estimate of drug-likeness (QED) is 0.222. The van der Waals surface area contributed by atoms with Crippen LogP contribution in [0.5, 0.6) is 0 Å². The van der Waals surface area contributed by atoms with E-state index in [1.165, 1.54) is 0 Å². The number of ketones is 1. The number of benzene rings is 4. The Morgan fingerprint density at radius 2 is 1.43 bits per heavy atom. The molecule has 1 aromatic heterocycles. The van der Waals surface area contributed by atoms with Gasteiger partial charge in [-0.15, -0.1) is 5.10 Å². The summed E-state index contributed by atoms with van der Waals surface area (Å²) in [6.45, 7) is 1.81. The van der Waals surface area contributed by atoms with Gasteiger partial charge in [0, 0.05) is 0 Å². The van der Waals surface area contributed by atoms with Crippen molar-refractivity contribution in [3.05, 3.63) is 108 Å². The van der Waals surface area contributed by atoms with Gasteiger partial charge in [-0.25, -0.2) is 4.68 Å². The van der Waals surface area contributed by atoms with Crippen molar-refractivity contribution in [2.75, 3.05) is 0 Å². The third kappa shape index (κ3) is 3.08. The minimum absolute atomic E-state index is 0.127. The Kier molecular flexibility index (Phi) is 4.45. The van der Waals surface area contributed by atoms with E-state index < -0.39 is 0 Å². The third-order valence-corrected chi connectivity index (χ3v) is 5.29. The molecule has 30 heavy (non-hydrogen) atoms. The summed E-state index contributed by atoms with van der Waals surface area (Å²) in [5.74, 6) is -0.127. The molecule has 0 radical (unpaired) electrons. The van der Waals surface area contributed by atoms with Gasteiger partial charge in [0.1, 0.15) is 5.69 Å². The molecule has 5 rings (SSSR count). The molecular weight excluding hydrogens is 370 g/mol. The maximum absolute atomic E-state index is 13.2. The summed E-state index contributed by atoms with van der Waals surface area (Å²) in [5.41, 5.74) is 2.93. The molecule has 5 aromatic rings. The van der Waals surface area contributed by atoms with Gasteiger partial charge < -0.3 is 0 Å². The topological polar surface area (TPSA) is 47.8 Å². The average molecular weight is 389 g/mol. The number of aromatic nitrogens is 3. The molecule has 4 nitrogen and oxygen atoms in total. The Balaban J connectivity index is 1.62. The molecule has 4 aromatic carbocycles. The fourth-order valence-corrected chi connectivity index (χ4v) is 3.86. The molecule has 0 saturated heterocycles. The van der Waals surface area contributed by atoms with E-state index in [9.17, 15) is 4.79 Å². The first-order chi connectivity index (χ1) is 14.7. The highest BCUT2D eigenvalue weighted by Crippen LogP contribution is 2.29. The van der Waals surface area contributed by atoms with E-state index in [0.717, 1.165) is 32.8 Å². The van der Waals surface area contributed by atoms with Gasteiger partial charge in [0.05, 0.1) is 11.4 Å². The molecule has 4 heteroatoms. The Morgan fingerprint density at radius 1 is 0.833 bits per heavy atom. The van der Waals surface area contributed by atoms with Crippen molar-refractivity contribution in [3.63, 3.8) is 0 Å². The van der Waals surface area contributed by atoms with Gasteiger partial charge >= 0.3 is 0 Å². The van der Waals surface area contributed by atoms with E-state index in [-0.39, 0.29) is 5.78 Å². The van der Waals surface area contributed by atoms with Crippen LogP contribution in [-0.2, 0) is 0 Å². The number of nitrogens with zero attached hydrogens (tertiary/aromatic N) is 3. The zero-order valence-electron chi connectivity index (χ0n) is 16.5. The van der Waals surface area contributed by atoms with Gasteiger partial charge in [-0.3, -0.25) is 4.79 Å². The van der Waals surface area contributed by atoms with Crippen LogP contribution in [0.1, 0.15) is 21.7 Å². The van der Waals surface area contributed by atoms with E-state index in [1.807, 2.05) is 60.7 Å². The van der Waals surface area contributed by atoms with E-state index in [4.69, 9.17) is 0 Å². The highest BCUT2D eigenvalue weighted by Gasteiger charge is 2.17. The molecule has 0 aliphatic heterocycles. The largest absolute Gasteiger partial charge is 0.287 e. The lowest BCUT2D eigenvalue weighted by Gasteiger charge is -2.08. The highest BCUT2D eigenvalue weighted by atomic mass is 16.1. The molecular formula is C26H19N3O.